The zero-order valence-corrected chi connectivity index (χ0v) is 25.6. The highest BCUT2D eigenvalue weighted by atomic mass is 35.5. The van der Waals surface area contributed by atoms with Crippen molar-refractivity contribution in [3.63, 3.8) is 0 Å². The van der Waals surface area contributed by atoms with Gasteiger partial charge in [0.25, 0.3) is 5.91 Å². The van der Waals surface area contributed by atoms with Crippen molar-refractivity contribution >= 4 is 46.5 Å². The van der Waals surface area contributed by atoms with Crippen molar-refractivity contribution in [3.05, 3.63) is 57.6 Å². The molecular formula is C30H35ClN4O6S. The number of nitrogens with one attached hydrogen (secondary N) is 1. The maximum absolute atomic E-state index is 14.1. The lowest BCUT2D eigenvalue weighted by molar-refractivity contribution is -0.149. The molecule has 5 rings (SSSR count). The molecule has 1 atom stereocenters. The summed E-state index contributed by atoms with van der Waals surface area (Å²) in [6.07, 6.45) is 1.03. The van der Waals surface area contributed by atoms with Crippen LogP contribution in [0.4, 0.5) is 5.69 Å². The summed E-state index contributed by atoms with van der Waals surface area (Å²) >= 11 is 7.42. The van der Waals surface area contributed by atoms with E-state index >= 15 is 0 Å². The summed E-state index contributed by atoms with van der Waals surface area (Å²) in [6, 6.07) is 10.4. The molecule has 10 nitrogen and oxygen atoms in total. The minimum atomic E-state index is -1.95. The normalized spacial score (nSPS) is 19.4. The summed E-state index contributed by atoms with van der Waals surface area (Å²) in [7, 11) is 0. The van der Waals surface area contributed by atoms with Gasteiger partial charge >= 0.3 is 11.9 Å². The molecule has 2 aromatic heterocycles. The Kier molecular flexibility index (Phi) is 8.63. The highest BCUT2D eigenvalue weighted by Crippen LogP contribution is 2.42. The van der Waals surface area contributed by atoms with E-state index in [4.69, 9.17) is 20.9 Å². The minimum Gasteiger partial charge on any atom is -0.479 e. The number of aromatic nitrogens is 1. The number of hydrogen-bond donors (Lipinski definition) is 2. The van der Waals surface area contributed by atoms with E-state index in [9.17, 15) is 19.5 Å². The second kappa shape index (κ2) is 12.1. The molecule has 0 bridgehead atoms. The summed E-state index contributed by atoms with van der Waals surface area (Å²) in [5.41, 5.74) is -0.109. The number of aliphatic carboxylic acids is 1. The Balaban J connectivity index is 1.48. The predicted octanol–water partition coefficient (Wildman–Crippen LogP) is 5.00. The number of halogens is 1. The first kappa shape index (κ1) is 30.1. The lowest BCUT2D eigenvalue weighted by atomic mass is 9.91. The molecule has 1 amide bonds. The second-order valence-corrected chi connectivity index (χ2v) is 13.1. The number of rotatable bonds is 9. The van der Waals surface area contributed by atoms with Gasteiger partial charge in [0.15, 0.2) is 5.76 Å². The fourth-order valence-electron chi connectivity index (χ4n) is 5.66. The number of carbonyl (C=O) groups excluding carboxylic acids is 2. The number of nitrogens with zero attached hydrogens (tertiary/aromatic N) is 3. The zero-order chi connectivity index (χ0) is 30.2. The predicted molar refractivity (Wildman–Crippen MR) is 160 cm³/mol. The van der Waals surface area contributed by atoms with Gasteiger partial charge in [0, 0.05) is 43.3 Å². The van der Waals surface area contributed by atoms with E-state index < -0.39 is 23.4 Å². The number of likely N-dealkylation sites (tertiary alicyclic amines) is 1. The summed E-state index contributed by atoms with van der Waals surface area (Å²) in [5, 5.41) is 18.0. The van der Waals surface area contributed by atoms with Crippen LogP contribution in [0, 0.1) is 0 Å². The monoisotopic (exact) mass is 614 g/mol. The second-order valence-electron chi connectivity index (χ2n) is 11.4. The van der Waals surface area contributed by atoms with Crippen molar-refractivity contribution in [1.29, 1.82) is 0 Å². The molecule has 4 heterocycles. The smallest absolute Gasteiger partial charge is 0.339 e. The SMILES string of the molecule is CC(C)OC(=O)c1ccc2c(c1)CC(C(=O)O)(C(=O)NC1CCN(C(C)C)CC1)N2Cc1cc(-c2ccc(Cl)s2)on1. The summed E-state index contributed by atoms with van der Waals surface area (Å²) in [4.78, 5) is 44.6. The van der Waals surface area contributed by atoms with Crippen LogP contribution < -0.4 is 10.2 Å². The van der Waals surface area contributed by atoms with Gasteiger partial charge in [0.1, 0.15) is 5.69 Å². The van der Waals surface area contributed by atoms with Gasteiger partial charge in [-0.15, -0.1) is 11.3 Å². The van der Waals surface area contributed by atoms with Gasteiger partial charge in [-0.3, -0.25) is 4.79 Å². The van der Waals surface area contributed by atoms with Crippen LogP contribution in [0.1, 0.15) is 62.2 Å². The van der Waals surface area contributed by atoms with Gasteiger partial charge in [0.2, 0.25) is 5.54 Å². The Bertz CT molecular complexity index is 1480. The average Bonchev–Trinajstić information content (AvgIpc) is 3.66. The maximum Gasteiger partial charge on any atom is 0.339 e. The van der Waals surface area contributed by atoms with Gasteiger partial charge < -0.3 is 29.5 Å². The molecule has 0 radical (unpaired) electrons. The first-order chi connectivity index (χ1) is 20.0. The van der Waals surface area contributed by atoms with Crippen LogP contribution in [0.25, 0.3) is 10.6 Å². The number of carboxylic acid groups (broad SMARTS) is 1. The van der Waals surface area contributed by atoms with Gasteiger partial charge in [-0.25, -0.2) is 9.59 Å². The van der Waals surface area contributed by atoms with Crippen molar-refractivity contribution in [1.82, 2.24) is 15.4 Å². The van der Waals surface area contributed by atoms with Gasteiger partial charge in [0.05, 0.1) is 27.4 Å². The highest BCUT2D eigenvalue weighted by molar-refractivity contribution is 7.19. The number of amides is 1. The van der Waals surface area contributed by atoms with Crippen LogP contribution >= 0.6 is 22.9 Å². The average molecular weight is 615 g/mol. The van der Waals surface area contributed by atoms with E-state index in [1.165, 1.54) is 11.3 Å². The zero-order valence-electron chi connectivity index (χ0n) is 24.1. The molecule has 1 saturated heterocycles. The van der Waals surface area contributed by atoms with Crippen LogP contribution in [-0.4, -0.2) is 69.8 Å². The van der Waals surface area contributed by atoms with Crippen molar-refractivity contribution in [2.24, 2.45) is 0 Å². The molecule has 42 heavy (non-hydrogen) atoms. The van der Waals surface area contributed by atoms with Crippen LogP contribution in [0.5, 0.6) is 0 Å². The van der Waals surface area contributed by atoms with E-state index in [1.807, 2.05) is 6.07 Å². The molecular weight excluding hydrogens is 580 g/mol. The fraction of sp³-hybridized carbons (Fsp3) is 0.467. The van der Waals surface area contributed by atoms with Crippen LogP contribution in [0.2, 0.25) is 4.34 Å². The number of carbonyl (C=O) groups is 3. The minimum absolute atomic E-state index is 0.00307. The molecule has 3 aromatic rings. The topological polar surface area (TPSA) is 125 Å². The van der Waals surface area contributed by atoms with Crippen LogP contribution in [-0.2, 0) is 27.3 Å². The van der Waals surface area contributed by atoms with E-state index in [1.54, 1.807) is 49.1 Å². The highest BCUT2D eigenvalue weighted by Gasteiger charge is 2.57. The molecule has 0 spiro atoms. The number of ether oxygens (including phenoxy) is 1. The quantitative estimate of drug-likeness (QED) is 0.253. The third kappa shape index (κ3) is 5.91. The molecule has 0 aliphatic carbocycles. The maximum atomic E-state index is 14.1. The Hall–Kier alpha value is -3.41. The Morgan fingerprint density at radius 3 is 2.52 bits per heavy atom. The number of hydrogen-bond acceptors (Lipinski definition) is 9. The number of fused-ring (bicyclic) bond motifs is 1. The van der Waals surface area contributed by atoms with E-state index in [0.717, 1.165) is 30.8 Å². The van der Waals surface area contributed by atoms with Crippen LogP contribution in [0.15, 0.2) is 40.9 Å². The van der Waals surface area contributed by atoms with Gasteiger partial charge in [-0.1, -0.05) is 16.8 Å². The van der Waals surface area contributed by atoms with Gasteiger partial charge in [-0.05, 0) is 76.4 Å². The number of benzene rings is 1. The molecule has 12 heteroatoms. The molecule has 2 N–H and O–H groups in total. The first-order valence-corrected chi connectivity index (χ1v) is 15.3. The molecule has 2 aliphatic rings. The van der Waals surface area contributed by atoms with Crippen molar-refractivity contribution < 1.29 is 28.8 Å². The van der Waals surface area contributed by atoms with E-state index in [-0.39, 0.29) is 25.1 Å². The number of thiophene rings is 1. The summed E-state index contributed by atoms with van der Waals surface area (Å²) < 4.78 is 11.5. The molecule has 1 unspecified atom stereocenters. The summed E-state index contributed by atoms with van der Waals surface area (Å²) in [5.74, 6) is -1.88. The molecule has 2 aliphatic heterocycles. The lowest BCUT2D eigenvalue weighted by Gasteiger charge is -2.38. The third-order valence-corrected chi connectivity index (χ3v) is 9.12. The fourth-order valence-corrected chi connectivity index (χ4v) is 6.65. The number of carboxylic acids is 1. The Labute approximate surface area is 253 Å². The lowest BCUT2D eigenvalue weighted by Crippen LogP contribution is -2.64. The largest absolute Gasteiger partial charge is 0.479 e. The standard InChI is InChI=1S/C30H35ClN4O6S/c1-17(2)34-11-9-21(10-12-34)32-28(37)30(29(38)39)15-20-13-19(27(36)40-18(3)4)5-6-23(20)35(30)16-22-14-24(41-33-22)25-7-8-26(31)42-25/h5-8,13-14,17-18,21H,9-12,15-16H2,1-4H3,(H,32,37)(H,38,39). The number of anilines is 1. The van der Waals surface area contributed by atoms with Crippen LogP contribution in [0.3, 0.4) is 0 Å². The Morgan fingerprint density at radius 2 is 1.90 bits per heavy atom. The van der Waals surface area contributed by atoms with Crippen molar-refractivity contribution in [3.8, 4) is 10.6 Å². The number of piperidine rings is 1. The molecule has 1 fully saturated rings. The van der Waals surface area contributed by atoms with Crippen molar-refractivity contribution in [2.45, 2.75) is 77.2 Å². The molecule has 224 valence electrons. The van der Waals surface area contributed by atoms with E-state index in [2.05, 4.69) is 29.2 Å². The van der Waals surface area contributed by atoms with Crippen molar-refractivity contribution in [2.75, 3.05) is 18.0 Å². The summed E-state index contributed by atoms with van der Waals surface area (Å²) in [6.45, 7) is 9.43. The number of esters is 1. The first-order valence-electron chi connectivity index (χ1n) is 14.1. The van der Waals surface area contributed by atoms with Gasteiger partial charge in [-0.2, -0.15) is 0 Å². The van der Waals surface area contributed by atoms with E-state index in [0.29, 0.717) is 38.6 Å². The molecule has 0 saturated carbocycles. The third-order valence-electron chi connectivity index (χ3n) is 7.88. The Morgan fingerprint density at radius 1 is 1.17 bits per heavy atom. The molecule has 1 aromatic carbocycles.